The van der Waals surface area contributed by atoms with Crippen molar-refractivity contribution in [3.05, 3.63) is 48.0 Å². The van der Waals surface area contributed by atoms with Gasteiger partial charge in [-0.3, -0.25) is 9.59 Å². The molecule has 0 spiro atoms. The van der Waals surface area contributed by atoms with Crippen LogP contribution in [0.4, 0.5) is 0 Å². The number of nitrogens with one attached hydrogen (secondary N) is 1. The summed E-state index contributed by atoms with van der Waals surface area (Å²) in [4.78, 5) is 25.6. The number of rotatable bonds is 12. The molecule has 0 bridgehead atoms. The Labute approximate surface area is 200 Å². The van der Waals surface area contributed by atoms with Gasteiger partial charge < -0.3 is 14.8 Å². The quantitative estimate of drug-likeness (QED) is 0.247. The Morgan fingerprint density at radius 1 is 1.18 bits per heavy atom. The third-order valence-electron chi connectivity index (χ3n) is 6.71. The molecule has 1 saturated carbocycles. The van der Waals surface area contributed by atoms with E-state index >= 15 is 0 Å². The van der Waals surface area contributed by atoms with E-state index in [0.29, 0.717) is 19.4 Å². The van der Waals surface area contributed by atoms with Gasteiger partial charge in [-0.2, -0.15) is 0 Å². The Balaban J connectivity index is 2.03. The van der Waals surface area contributed by atoms with Crippen molar-refractivity contribution in [2.45, 2.75) is 96.7 Å². The van der Waals surface area contributed by atoms with Gasteiger partial charge in [0.2, 0.25) is 0 Å². The van der Waals surface area contributed by atoms with E-state index < -0.39 is 16.6 Å². The largest absolute Gasteiger partial charge is 0.459 e. The number of carbonyl (C=O) groups is 2. The van der Waals surface area contributed by atoms with E-state index in [1.165, 1.54) is 0 Å². The Hall–Kier alpha value is -2.14. The Kier molecular flexibility index (Phi) is 9.30. The van der Waals surface area contributed by atoms with E-state index in [4.69, 9.17) is 9.47 Å². The first-order valence-corrected chi connectivity index (χ1v) is 12.4. The molecule has 1 fully saturated rings. The van der Waals surface area contributed by atoms with Crippen molar-refractivity contribution in [2.75, 3.05) is 13.1 Å². The summed E-state index contributed by atoms with van der Waals surface area (Å²) in [6.07, 6.45) is 4.92. The van der Waals surface area contributed by atoms with E-state index in [-0.39, 0.29) is 24.4 Å². The van der Waals surface area contributed by atoms with Crippen LogP contribution in [0, 0.1) is 5.92 Å². The van der Waals surface area contributed by atoms with Crippen LogP contribution in [-0.2, 0) is 24.5 Å². The molecule has 5 heteroatoms. The fourth-order valence-corrected chi connectivity index (χ4v) is 4.86. The number of hydrogen-bond acceptors (Lipinski definition) is 5. The highest BCUT2D eigenvalue weighted by molar-refractivity contribution is 5.83. The van der Waals surface area contributed by atoms with E-state index in [1.54, 1.807) is 0 Å². The highest BCUT2D eigenvalue weighted by atomic mass is 16.6. The molecule has 2 rings (SSSR count). The van der Waals surface area contributed by atoms with Crippen LogP contribution in [0.15, 0.2) is 42.5 Å². The second-order valence-electron chi connectivity index (χ2n) is 10.5. The van der Waals surface area contributed by atoms with Crippen LogP contribution >= 0.6 is 0 Å². The predicted molar refractivity (Wildman–Crippen MR) is 133 cm³/mol. The second-order valence-corrected chi connectivity index (χ2v) is 10.5. The highest BCUT2D eigenvalue weighted by Crippen LogP contribution is 2.49. The molecule has 0 saturated heterocycles. The lowest BCUT2D eigenvalue weighted by atomic mass is 9.65. The molecular formula is C28H43NO4. The third kappa shape index (κ3) is 6.92. The average Bonchev–Trinajstić information content (AvgIpc) is 2.73. The minimum absolute atomic E-state index is 0.0732. The Morgan fingerprint density at radius 2 is 1.85 bits per heavy atom. The van der Waals surface area contributed by atoms with Crippen LogP contribution in [0.3, 0.4) is 0 Å². The van der Waals surface area contributed by atoms with Gasteiger partial charge in [0.1, 0.15) is 11.2 Å². The summed E-state index contributed by atoms with van der Waals surface area (Å²) < 4.78 is 11.6. The summed E-state index contributed by atoms with van der Waals surface area (Å²) in [6, 6.07) is 10.0. The molecule has 0 radical (unpaired) electrons. The van der Waals surface area contributed by atoms with Crippen LogP contribution < -0.4 is 5.32 Å². The van der Waals surface area contributed by atoms with E-state index in [9.17, 15) is 9.59 Å². The molecule has 0 aliphatic heterocycles. The molecule has 0 aromatic heterocycles. The minimum atomic E-state index is -0.628. The summed E-state index contributed by atoms with van der Waals surface area (Å²) >= 11 is 0. The molecule has 0 heterocycles. The van der Waals surface area contributed by atoms with Gasteiger partial charge in [0, 0.05) is 12.3 Å². The summed E-state index contributed by atoms with van der Waals surface area (Å²) in [5.74, 6) is -0.328. The maximum atomic E-state index is 13.7. The van der Waals surface area contributed by atoms with Crippen LogP contribution in [0.1, 0.15) is 85.6 Å². The van der Waals surface area contributed by atoms with Gasteiger partial charge in [-0.25, -0.2) is 0 Å². The van der Waals surface area contributed by atoms with Gasteiger partial charge in [-0.1, -0.05) is 69.2 Å². The number of carbonyl (C=O) groups excluding carboxylic acids is 2. The lowest BCUT2D eigenvalue weighted by Crippen LogP contribution is -2.53. The average molecular weight is 458 g/mol. The zero-order chi connectivity index (χ0) is 24.7. The molecule has 5 nitrogen and oxygen atoms in total. The van der Waals surface area contributed by atoms with Gasteiger partial charge in [0.05, 0.1) is 12.0 Å². The van der Waals surface area contributed by atoms with Gasteiger partial charge in [-0.15, -0.1) is 0 Å². The first kappa shape index (κ1) is 27.1. The monoisotopic (exact) mass is 457 g/mol. The Bertz CT molecular complexity index is 813. The first-order valence-electron chi connectivity index (χ1n) is 12.4. The minimum Gasteiger partial charge on any atom is -0.459 e. The summed E-state index contributed by atoms with van der Waals surface area (Å²) in [7, 11) is 0. The van der Waals surface area contributed by atoms with Crippen molar-refractivity contribution in [3.63, 3.8) is 0 Å². The van der Waals surface area contributed by atoms with Crippen LogP contribution in [0.25, 0.3) is 0 Å². The fraction of sp³-hybridized carbons (Fsp3) is 0.643. The summed E-state index contributed by atoms with van der Waals surface area (Å²) in [5.41, 5.74) is 0.443. The SMILES string of the molecule is C=C1CC(C)(OC(=O)C(CC)(CCCC)c2ccccc2)C1CCNCC(=O)OC(C)(C)C. The number of unbranched alkanes of at least 4 members (excludes halogenated alkanes) is 1. The van der Waals surface area contributed by atoms with E-state index in [0.717, 1.165) is 36.8 Å². The first-order chi connectivity index (χ1) is 15.5. The van der Waals surface area contributed by atoms with E-state index in [2.05, 4.69) is 25.7 Å². The van der Waals surface area contributed by atoms with Crippen molar-refractivity contribution < 1.29 is 19.1 Å². The van der Waals surface area contributed by atoms with Gasteiger partial charge in [-0.05, 0) is 59.1 Å². The Morgan fingerprint density at radius 3 is 2.39 bits per heavy atom. The lowest BCUT2D eigenvalue weighted by Gasteiger charge is -2.49. The van der Waals surface area contributed by atoms with Crippen LogP contribution in [0.5, 0.6) is 0 Å². The predicted octanol–water partition coefficient (Wildman–Crippen LogP) is 5.72. The highest BCUT2D eigenvalue weighted by Gasteiger charge is 2.51. The second kappa shape index (κ2) is 11.3. The van der Waals surface area contributed by atoms with Crippen molar-refractivity contribution >= 4 is 11.9 Å². The molecule has 1 N–H and O–H groups in total. The molecule has 3 unspecified atom stereocenters. The summed E-state index contributed by atoms with van der Waals surface area (Å²) in [6.45, 7) is 16.8. The molecule has 184 valence electrons. The third-order valence-corrected chi connectivity index (χ3v) is 6.71. The zero-order valence-electron chi connectivity index (χ0n) is 21.5. The lowest BCUT2D eigenvalue weighted by molar-refractivity contribution is -0.177. The standard InChI is InChI=1S/C28H43NO4/c1-8-10-17-28(9-2,22-14-12-11-13-15-22)25(31)33-27(7)19-21(3)23(27)16-18-29-20-24(30)32-26(4,5)6/h11-15,23,29H,3,8-10,16-20H2,1-2,4-7H3. The smallest absolute Gasteiger partial charge is 0.320 e. The number of hydrogen-bond donors (Lipinski definition) is 1. The maximum absolute atomic E-state index is 13.7. The molecule has 33 heavy (non-hydrogen) atoms. The van der Waals surface area contributed by atoms with Gasteiger partial charge in [0.25, 0.3) is 0 Å². The van der Waals surface area contributed by atoms with Crippen LogP contribution in [-0.4, -0.2) is 36.2 Å². The zero-order valence-corrected chi connectivity index (χ0v) is 21.5. The molecule has 0 amide bonds. The summed E-state index contributed by atoms with van der Waals surface area (Å²) in [5, 5.41) is 3.16. The molecular weight excluding hydrogens is 414 g/mol. The van der Waals surface area contributed by atoms with Crippen molar-refractivity contribution in [2.24, 2.45) is 5.92 Å². The molecule has 1 aromatic rings. The normalized spacial score (nSPS) is 22.2. The number of esters is 2. The van der Waals surface area contributed by atoms with Gasteiger partial charge in [0.15, 0.2) is 0 Å². The molecule has 3 atom stereocenters. The topological polar surface area (TPSA) is 64.6 Å². The van der Waals surface area contributed by atoms with Crippen molar-refractivity contribution in [3.8, 4) is 0 Å². The molecule has 1 aliphatic carbocycles. The number of ether oxygens (including phenoxy) is 2. The maximum Gasteiger partial charge on any atom is 0.320 e. The van der Waals surface area contributed by atoms with Gasteiger partial charge >= 0.3 is 11.9 Å². The fourth-order valence-electron chi connectivity index (χ4n) is 4.86. The molecule has 1 aliphatic rings. The van der Waals surface area contributed by atoms with Crippen LogP contribution in [0.2, 0.25) is 0 Å². The van der Waals surface area contributed by atoms with Crippen molar-refractivity contribution in [1.29, 1.82) is 0 Å². The van der Waals surface area contributed by atoms with Crippen molar-refractivity contribution in [1.82, 2.24) is 5.32 Å². The number of benzene rings is 1. The van der Waals surface area contributed by atoms with E-state index in [1.807, 2.05) is 58.0 Å². The molecule has 1 aromatic carbocycles.